The standard InChI is InChI=1S/C15H19NO2/c1-10-2-3-13-12(8-10)9-14(18-13)15(17)11-4-6-16-7-5-11/h2-3,8-9,11,15-17H,4-7H2,1H3. The number of furan rings is 1. The van der Waals surface area contributed by atoms with Crippen LogP contribution in [0.3, 0.4) is 0 Å². The molecule has 0 saturated carbocycles. The van der Waals surface area contributed by atoms with Crippen LogP contribution in [0.25, 0.3) is 11.0 Å². The number of hydrogen-bond acceptors (Lipinski definition) is 3. The van der Waals surface area contributed by atoms with Gasteiger partial charge in [-0.2, -0.15) is 0 Å². The molecule has 1 aliphatic rings. The highest BCUT2D eigenvalue weighted by molar-refractivity contribution is 5.78. The van der Waals surface area contributed by atoms with Gasteiger partial charge in [-0.1, -0.05) is 11.6 Å². The van der Waals surface area contributed by atoms with Crippen LogP contribution in [0.1, 0.15) is 30.3 Å². The van der Waals surface area contributed by atoms with Crippen molar-refractivity contribution in [1.29, 1.82) is 0 Å². The lowest BCUT2D eigenvalue weighted by Gasteiger charge is -2.25. The maximum Gasteiger partial charge on any atom is 0.134 e. The van der Waals surface area contributed by atoms with Crippen LogP contribution < -0.4 is 5.32 Å². The number of aliphatic hydroxyl groups is 1. The molecule has 0 bridgehead atoms. The van der Waals surface area contributed by atoms with Gasteiger partial charge in [0.25, 0.3) is 0 Å². The molecular weight excluding hydrogens is 226 g/mol. The van der Waals surface area contributed by atoms with Crippen molar-refractivity contribution in [2.24, 2.45) is 5.92 Å². The van der Waals surface area contributed by atoms with Gasteiger partial charge in [0, 0.05) is 5.39 Å². The van der Waals surface area contributed by atoms with Crippen molar-refractivity contribution in [3.8, 4) is 0 Å². The minimum Gasteiger partial charge on any atom is -0.458 e. The second-order valence-corrected chi connectivity index (χ2v) is 5.22. The number of aryl methyl sites for hydroxylation is 1. The molecule has 3 nitrogen and oxygen atoms in total. The molecule has 2 heterocycles. The molecular formula is C15H19NO2. The lowest BCUT2D eigenvalue weighted by Crippen LogP contribution is -2.30. The number of nitrogens with one attached hydrogen (secondary N) is 1. The van der Waals surface area contributed by atoms with Gasteiger partial charge in [0.15, 0.2) is 0 Å². The van der Waals surface area contributed by atoms with E-state index in [0.717, 1.165) is 36.9 Å². The molecule has 3 rings (SSSR count). The molecule has 3 heteroatoms. The molecule has 0 radical (unpaired) electrons. The largest absolute Gasteiger partial charge is 0.458 e. The number of hydrogen-bond donors (Lipinski definition) is 2. The van der Waals surface area contributed by atoms with E-state index in [9.17, 15) is 5.11 Å². The van der Waals surface area contributed by atoms with Gasteiger partial charge in [-0.05, 0) is 57.0 Å². The summed E-state index contributed by atoms with van der Waals surface area (Å²) in [6.45, 7) is 4.04. The predicted octanol–water partition coefficient (Wildman–Crippen LogP) is 2.77. The summed E-state index contributed by atoms with van der Waals surface area (Å²) in [5.74, 6) is 1.02. The molecule has 96 valence electrons. The zero-order chi connectivity index (χ0) is 12.5. The number of fused-ring (bicyclic) bond motifs is 1. The van der Waals surface area contributed by atoms with E-state index in [4.69, 9.17) is 4.42 Å². The van der Waals surface area contributed by atoms with Gasteiger partial charge in [-0.3, -0.25) is 0 Å². The first-order chi connectivity index (χ1) is 8.74. The molecule has 2 N–H and O–H groups in total. The minimum absolute atomic E-state index is 0.313. The van der Waals surface area contributed by atoms with E-state index in [2.05, 4.69) is 18.3 Å². The van der Waals surface area contributed by atoms with Gasteiger partial charge in [0.1, 0.15) is 17.4 Å². The maximum atomic E-state index is 10.4. The molecule has 0 aliphatic carbocycles. The fourth-order valence-electron chi connectivity index (χ4n) is 2.72. The van der Waals surface area contributed by atoms with Gasteiger partial charge >= 0.3 is 0 Å². The van der Waals surface area contributed by atoms with Crippen LogP contribution >= 0.6 is 0 Å². The predicted molar refractivity (Wildman–Crippen MR) is 71.5 cm³/mol. The summed E-state index contributed by atoms with van der Waals surface area (Å²) in [7, 11) is 0. The Kier molecular flexibility index (Phi) is 3.10. The normalized spacial score (nSPS) is 19.2. The summed E-state index contributed by atoms with van der Waals surface area (Å²) in [4.78, 5) is 0. The van der Waals surface area contributed by atoms with Gasteiger partial charge in [-0.15, -0.1) is 0 Å². The third-order valence-corrected chi connectivity index (χ3v) is 3.81. The Bertz CT molecular complexity index is 540. The summed E-state index contributed by atoms with van der Waals surface area (Å²) in [6, 6.07) is 8.09. The Hall–Kier alpha value is -1.32. The first-order valence-electron chi connectivity index (χ1n) is 6.63. The van der Waals surface area contributed by atoms with Crippen LogP contribution in [-0.2, 0) is 0 Å². The van der Waals surface area contributed by atoms with Crippen LogP contribution in [0.5, 0.6) is 0 Å². The van der Waals surface area contributed by atoms with E-state index in [0.29, 0.717) is 11.7 Å². The SMILES string of the molecule is Cc1ccc2oc(C(O)C3CCNCC3)cc2c1. The zero-order valence-corrected chi connectivity index (χ0v) is 10.6. The summed E-state index contributed by atoms with van der Waals surface area (Å²) in [5.41, 5.74) is 2.08. The fourth-order valence-corrected chi connectivity index (χ4v) is 2.72. The van der Waals surface area contributed by atoms with Crippen molar-refractivity contribution in [3.05, 3.63) is 35.6 Å². The molecule has 1 aromatic carbocycles. The smallest absolute Gasteiger partial charge is 0.134 e. The quantitative estimate of drug-likeness (QED) is 0.855. The summed E-state index contributed by atoms with van der Waals surface area (Å²) in [5, 5.41) is 14.8. The number of aliphatic hydroxyl groups excluding tert-OH is 1. The monoisotopic (exact) mass is 245 g/mol. The second-order valence-electron chi connectivity index (χ2n) is 5.22. The Balaban J connectivity index is 1.88. The van der Waals surface area contributed by atoms with Crippen LogP contribution in [0.2, 0.25) is 0 Å². The van der Waals surface area contributed by atoms with E-state index >= 15 is 0 Å². The number of piperidine rings is 1. The molecule has 1 aromatic heterocycles. The Morgan fingerprint density at radius 3 is 2.83 bits per heavy atom. The lowest BCUT2D eigenvalue weighted by molar-refractivity contribution is 0.0705. The van der Waals surface area contributed by atoms with Crippen LogP contribution in [0.15, 0.2) is 28.7 Å². The van der Waals surface area contributed by atoms with Crippen LogP contribution in [0.4, 0.5) is 0 Å². The Morgan fingerprint density at radius 1 is 1.28 bits per heavy atom. The van der Waals surface area contributed by atoms with Crippen LogP contribution in [-0.4, -0.2) is 18.2 Å². The number of benzene rings is 1. The molecule has 1 aliphatic heterocycles. The van der Waals surface area contributed by atoms with E-state index in [1.807, 2.05) is 18.2 Å². The first kappa shape index (κ1) is 11.8. The highest BCUT2D eigenvalue weighted by atomic mass is 16.4. The molecule has 1 saturated heterocycles. The molecule has 0 amide bonds. The van der Waals surface area contributed by atoms with E-state index in [1.54, 1.807) is 0 Å². The highest BCUT2D eigenvalue weighted by Gasteiger charge is 2.25. The fraction of sp³-hybridized carbons (Fsp3) is 0.467. The Morgan fingerprint density at radius 2 is 2.06 bits per heavy atom. The first-order valence-corrected chi connectivity index (χ1v) is 6.63. The molecule has 1 unspecified atom stereocenters. The van der Waals surface area contributed by atoms with Crippen molar-refractivity contribution in [3.63, 3.8) is 0 Å². The van der Waals surface area contributed by atoms with Gasteiger partial charge in [-0.25, -0.2) is 0 Å². The highest BCUT2D eigenvalue weighted by Crippen LogP contribution is 2.32. The van der Waals surface area contributed by atoms with Crippen molar-refractivity contribution >= 4 is 11.0 Å². The summed E-state index contributed by atoms with van der Waals surface area (Å²) < 4.78 is 5.77. The third kappa shape index (κ3) is 2.16. The van der Waals surface area contributed by atoms with Crippen molar-refractivity contribution < 1.29 is 9.52 Å². The van der Waals surface area contributed by atoms with Crippen molar-refractivity contribution in [2.75, 3.05) is 13.1 Å². The Labute approximate surface area is 107 Å². The number of rotatable bonds is 2. The molecule has 1 fully saturated rings. The third-order valence-electron chi connectivity index (χ3n) is 3.81. The average Bonchev–Trinajstić information content (AvgIpc) is 2.81. The van der Waals surface area contributed by atoms with Gasteiger partial charge < -0.3 is 14.8 Å². The van der Waals surface area contributed by atoms with Crippen molar-refractivity contribution in [2.45, 2.75) is 25.9 Å². The van der Waals surface area contributed by atoms with E-state index in [-0.39, 0.29) is 0 Å². The topological polar surface area (TPSA) is 45.4 Å². The average molecular weight is 245 g/mol. The summed E-state index contributed by atoms with van der Waals surface area (Å²) >= 11 is 0. The summed E-state index contributed by atoms with van der Waals surface area (Å²) in [6.07, 6.45) is 1.55. The second kappa shape index (κ2) is 4.75. The van der Waals surface area contributed by atoms with E-state index < -0.39 is 6.10 Å². The van der Waals surface area contributed by atoms with Crippen molar-refractivity contribution in [1.82, 2.24) is 5.32 Å². The van der Waals surface area contributed by atoms with Gasteiger partial charge in [0.05, 0.1) is 0 Å². The van der Waals surface area contributed by atoms with Crippen LogP contribution in [0, 0.1) is 12.8 Å². The zero-order valence-electron chi connectivity index (χ0n) is 10.6. The lowest BCUT2D eigenvalue weighted by atomic mass is 9.91. The van der Waals surface area contributed by atoms with Gasteiger partial charge in [0.2, 0.25) is 0 Å². The maximum absolute atomic E-state index is 10.4. The molecule has 18 heavy (non-hydrogen) atoms. The molecule has 2 aromatic rings. The minimum atomic E-state index is -0.472. The molecule has 0 spiro atoms. The molecule has 1 atom stereocenters. The van der Waals surface area contributed by atoms with E-state index in [1.165, 1.54) is 5.56 Å².